The molecule has 0 radical (unpaired) electrons. The first-order chi connectivity index (χ1) is 9.68. The van der Waals surface area contributed by atoms with Gasteiger partial charge >= 0.3 is 6.18 Å². The zero-order valence-corrected chi connectivity index (χ0v) is 9.86. The summed E-state index contributed by atoms with van der Waals surface area (Å²) in [6.07, 6.45) is -4.89. The molecule has 0 aliphatic heterocycles. The van der Waals surface area contributed by atoms with Gasteiger partial charge in [0.2, 0.25) is 5.95 Å². The van der Waals surface area contributed by atoms with E-state index >= 15 is 0 Å². The van der Waals surface area contributed by atoms with Gasteiger partial charge in [0, 0.05) is 6.07 Å². The average Bonchev–Trinajstić information content (AvgIpc) is 2.38. The average molecular weight is 309 g/mol. The summed E-state index contributed by atoms with van der Waals surface area (Å²) in [4.78, 5) is 16.0. The monoisotopic (exact) mass is 309 g/mol. The molecule has 1 aromatic heterocycles. The van der Waals surface area contributed by atoms with E-state index in [1.54, 1.807) is 0 Å². The third-order valence-electron chi connectivity index (χ3n) is 2.32. The fraction of sp³-hybridized carbons (Fsp3) is 0.0909. The summed E-state index contributed by atoms with van der Waals surface area (Å²) >= 11 is 0. The molecular formula is C11H5F6N3O. The molecule has 0 spiro atoms. The summed E-state index contributed by atoms with van der Waals surface area (Å²) in [5.41, 5.74) is -3.35. The van der Waals surface area contributed by atoms with Crippen molar-refractivity contribution in [2.24, 2.45) is 0 Å². The largest absolute Gasteiger partial charge is 0.433 e. The number of hydrogen-bond acceptors (Lipinski definition) is 3. The third-order valence-corrected chi connectivity index (χ3v) is 2.32. The van der Waals surface area contributed by atoms with Crippen LogP contribution in [0.2, 0.25) is 0 Å². The Balaban J connectivity index is 2.43. The van der Waals surface area contributed by atoms with Crippen LogP contribution in [0.15, 0.2) is 23.0 Å². The van der Waals surface area contributed by atoms with Crippen molar-refractivity contribution in [3.63, 3.8) is 0 Å². The molecule has 1 heterocycles. The van der Waals surface area contributed by atoms with Gasteiger partial charge in [0.25, 0.3) is 5.56 Å². The summed E-state index contributed by atoms with van der Waals surface area (Å²) in [6.45, 7) is 0. The highest BCUT2D eigenvalue weighted by molar-refractivity contribution is 5.54. The highest BCUT2D eigenvalue weighted by Crippen LogP contribution is 2.28. The van der Waals surface area contributed by atoms with E-state index in [1.165, 1.54) is 0 Å². The van der Waals surface area contributed by atoms with Crippen LogP contribution in [-0.2, 0) is 6.18 Å². The fourth-order valence-corrected chi connectivity index (χ4v) is 1.41. The van der Waals surface area contributed by atoms with E-state index in [1.807, 2.05) is 10.3 Å². The number of H-pyrrole nitrogens is 1. The molecule has 0 unspecified atom stereocenters. The second-order valence-electron chi connectivity index (χ2n) is 3.82. The molecule has 10 heteroatoms. The molecule has 0 amide bonds. The topological polar surface area (TPSA) is 57.8 Å². The van der Waals surface area contributed by atoms with Crippen molar-refractivity contribution in [1.82, 2.24) is 9.97 Å². The number of aromatic nitrogens is 2. The second kappa shape index (κ2) is 5.11. The maximum atomic E-state index is 13.4. The third kappa shape index (κ3) is 3.15. The van der Waals surface area contributed by atoms with Crippen molar-refractivity contribution in [3.05, 3.63) is 51.7 Å². The van der Waals surface area contributed by atoms with Crippen molar-refractivity contribution in [2.75, 3.05) is 5.32 Å². The van der Waals surface area contributed by atoms with Crippen molar-refractivity contribution in [3.8, 4) is 0 Å². The minimum Gasteiger partial charge on any atom is -0.323 e. The van der Waals surface area contributed by atoms with Crippen molar-refractivity contribution < 1.29 is 26.3 Å². The van der Waals surface area contributed by atoms with E-state index in [2.05, 4.69) is 4.98 Å². The molecule has 0 fully saturated rings. The standard InChI is InChI=1S/C11H5F6N3O/c12-4-1-2-5(9(14)8(4)13)18-10-19-6(11(15,16)17)3-7(21)20-10/h1-3H,(H2,18,19,20,21). The van der Waals surface area contributed by atoms with Gasteiger partial charge in [-0.15, -0.1) is 0 Å². The van der Waals surface area contributed by atoms with Crippen molar-refractivity contribution in [2.45, 2.75) is 6.18 Å². The van der Waals surface area contributed by atoms with Gasteiger partial charge < -0.3 is 5.32 Å². The molecule has 0 saturated carbocycles. The van der Waals surface area contributed by atoms with Gasteiger partial charge in [-0.1, -0.05) is 0 Å². The Bertz CT molecular complexity index is 740. The van der Waals surface area contributed by atoms with E-state index in [0.717, 1.165) is 6.07 Å². The Morgan fingerprint density at radius 2 is 1.76 bits per heavy atom. The van der Waals surface area contributed by atoms with Crippen LogP contribution in [0.25, 0.3) is 0 Å². The van der Waals surface area contributed by atoms with Gasteiger partial charge in [0.05, 0.1) is 5.69 Å². The molecule has 0 aliphatic rings. The second-order valence-corrected chi connectivity index (χ2v) is 3.82. The predicted octanol–water partition coefficient (Wildman–Crippen LogP) is 2.95. The van der Waals surface area contributed by atoms with Gasteiger partial charge in [-0.05, 0) is 12.1 Å². The Morgan fingerprint density at radius 3 is 2.38 bits per heavy atom. The summed E-state index contributed by atoms with van der Waals surface area (Å²) in [5.74, 6) is -5.70. The Morgan fingerprint density at radius 1 is 1.10 bits per heavy atom. The number of nitrogens with zero attached hydrogens (tertiary/aromatic N) is 1. The van der Waals surface area contributed by atoms with Crippen molar-refractivity contribution >= 4 is 11.6 Å². The smallest absolute Gasteiger partial charge is 0.323 e. The number of anilines is 2. The fourth-order valence-electron chi connectivity index (χ4n) is 1.41. The lowest BCUT2D eigenvalue weighted by Gasteiger charge is -2.10. The molecule has 4 nitrogen and oxygen atoms in total. The lowest BCUT2D eigenvalue weighted by molar-refractivity contribution is -0.141. The highest BCUT2D eigenvalue weighted by atomic mass is 19.4. The molecule has 2 rings (SSSR count). The number of hydrogen-bond donors (Lipinski definition) is 2. The molecular weight excluding hydrogens is 304 g/mol. The van der Waals surface area contributed by atoms with Crippen LogP contribution >= 0.6 is 0 Å². The van der Waals surface area contributed by atoms with Crippen molar-refractivity contribution in [1.29, 1.82) is 0 Å². The molecule has 0 bridgehead atoms. The summed E-state index contributed by atoms with van der Waals surface area (Å²) in [7, 11) is 0. The molecule has 21 heavy (non-hydrogen) atoms. The molecule has 112 valence electrons. The zero-order valence-electron chi connectivity index (χ0n) is 9.86. The summed E-state index contributed by atoms with van der Waals surface area (Å²) < 4.78 is 76.4. The highest BCUT2D eigenvalue weighted by Gasteiger charge is 2.33. The maximum absolute atomic E-state index is 13.4. The van der Waals surface area contributed by atoms with Gasteiger partial charge in [-0.2, -0.15) is 13.2 Å². The number of alkyl halides is 3. The van der Waals surface area contributed by atoms with Gasteiger partial charge in [-0.25, -0.2) is 18.2 Å². The van der Waals surface area contributed by atoms with E-state index in [9.17, 15) is 31.1 Å². The SMILES string of the molecule is O=c1cc(C(F)(F)F)nc(Nc2ccc(F)c(F)c2F)[nH]1. The lowest BCUT2D eigenvalue weighted by Crippen LogP contribution is -2.18. The number of halogens is 6. The molecule has 1 aromatic carbocycles. The predicted molar refractivity (Wildman–Crippen MR) is 59.5 cm³/mol. The van der Waals surface area contributed by atoms with Crippen LogP contribution in [0.1, 0.15) is 5.69 Å². The van der Waals surface area contributed by atoms with Crippen LogP contribution in [0.4, 0.5) is 38.0 Å². The van der Waals surface area contributed by atoms with E-state index in [-0.39, 0.29) is 6.07 Å². The van der Waals surface area contributed by atoms with E-state index in [4.69, 9.17) is 0 Å². The van der Waals surface area contributed by atoms with Crippen LogP contribution in [0.3, 0.4) is 0 Å². The number of benzene rings is 1. The van der Waals surface area contributed by atoms with Gasteiger partial charge in [-0.3, -0.25) is 9.78 Å². The first-order valence-electron chi connectivity index (χ1n) is 5.27. The maximum Gasteiger partial charge on any atom is 0.433 e. The van der Waals surface area contributed by atoms with Crippen LogP contribution in [0.5, 0.6) is 0 Å². The van der Waals surface area contributed by atoms with Crippen LogP contribution in [-0.4, -0.2) is 9.97 Å². The minimum absolute atomic E-state index is 0.201. The molecule has 0 saturated heterocycles. The number of nitrogens with one attached hydrogen (secondary N) is 2. The van der Waals surface area contributed by atoms with E-state index < -0.39 is 46.5 Å². The minimum atomic E-state index is -4.89. The first-order valence-corrected chi connectivity index (χ1v) is 5.27. The number of rotatable bonds is 2. The van der Waals surface area contributed by atoms with Crippen LogP contribution < -0.4 is 10.9 Å². The Labute approximate surface area is 112 Å². The van der Waals surface area contributed by atoms with Crippen LogP contribution in [0, 0.1) is 17.5 Å². The summed E-state index contributed by atoms with van der Waals surface area (Å²) in [6, 6.07) is 1.51. The lowest BCUT2D eigenvalue weighted by atomic mass is 10.3. The molecule has 0 atom stereocenters. The quantitative estimate of drug-likeness (QED) is 0.662. The summed E-state index contributed by atoms with van der Waals surface area (Å²) in [5, 5.41) is 1.95. The molecule has 2 N–H and O–H groups in total. The normalized spacial score (nSPS) is 11.5. The first kappa shape index (κ1) is 14.9. The number of aromatic amines is 1. The Hall–Kier alpha value is -2.52. The molecule has 2 aromatic rings. The zero-order chi connectivity index (χ0) is 15.8. The Kier molecular flexibility index (Phi) is 3.62. The van der Waals surface area contributed by atoms with E-state index in [0.29, 0.717) is 6.07 Å². The van der Waals surface area contributed by atoms with Gasteiger partial charge in [0.15, 0.2) is 23.1 Å². The molecule has 0 aliphatic carbocycles. The van der Waals surface area contributed by atoms with Gasteiger partial charge in [0.1, 0.15) is 0 Å².